The van der Waals surface area contributed by atoms with E-state index in [-0.39, 0.29) is 5.82 Å². The molecule has 1 aromatic rings. The number of rotatable bonds is 4. The summed E-state index contributed by atoms with van der Waals surface area (Å²) in [6.07, 6.45) is 3.32. The number of hydrogen-bond donors (Lipinski definition) is 0. The number of hydrogen-bond acceptors (Lipinski definition) is 3. The number of benzene rings is 1. The third-order valence-electron chi connectivity index (χ3n) is 3.89. The second kappa shape index (κ2) is 6.23. The van der Waals surface area contributed by atoms with Crippen LogP contribution in [-0.2, 0) is 5.41 Å². The van der Waals surface area contributed by atoms with Gasteiger partial charge < -0.3 is 9.64 Å². The average molecular weight is 276 g/mol. The highest BCUT2D eigenvalue weighted by Gasteiger charge is 2.36. The van der Waals surface area contributed by atoms with Gasteiger partial charge >= 0.3 is 0 Å². The summed E-state index contributed by atoms with van der Waals surface area (Å²) in [5.74, 6) is 0.222. The lowest BCUT2D eigenvalue weighted by Gasteiger charge is -2.27. The van der Waals surface area contributed by atoms with Gasteiger partial charge in [-0.2, -0.15) is 5.26 Å². The lowest BCUT2D eigenvalue weighted by atomic mass is 9.74. The number of halogens is 1. The van der Waals surface area contributed by atoms with Crippen LogP contribution in [0.2, 0.25) is 0 Å². The first-order valence-corrected chi connectivity index (χ1v) is 7.06. The van der Waals surface area contributed by atoms with Gasteiger partial charge in [0.2, 0.25) is 0 Å². The Morgan fingerprint density at radius 2 is 2.25 bits per heavy atom. The van der Waals surface area contributed by atoms with E-state index in [1.54, 1.807) is 6.07 Å². The molecule has 1 aliphatic rings. The molecular formula is C16H21FN2O. The van der Waals surface area contributed by atoms with Crippen molar-refractivity contribution in [1.29, 1.82) is 5.26 Å². The SMILES string of the molecule is CN(C)CCCC1(C#N)CCCOc2cc(F)ccc21. The Hall–Kier alpha value is -1.60. The van der Waals surface area contributed by atoms with E-state index < -0.39 is 5.41 Å². The topological polar surface area (TPSA) is 36.3 Å². The summed E-state index contributed by atoms with van der Waals surface area (Å²) in [5.41, 5.74) is 0.299. The molecule has 1 aliphatic heterocycles. The molecule has 0 N–H and O–H groups in total. The molecule has 0 amide bonds. The van der Waals surface area contributed by atoms with E-state index in [9.17, 15) is 9.65 Å². The van der Waals surface area contributed by atoms with E-state index in [0.717, 1.165) is 37.8 Å². The van der Waals surface area contributed by atoms with Crippen molar-refractivity contribution in [3.8, 4) is 11.8 Å². The first-order valence-electron chi connectivity index (χ1n) is 7.06. The Balaban J connectivity index is 2.30. The molecule has 0 fully saturated rings. The number of nitriles is 1. The molecular weight excluding hydrogens is 255 g/mol. The first kappa shape index (κ1) is 14.8. The van der Waals surface area contributed by atoms with Crippen molar-refractivity contribution in [1.82, 2.24) is 4.90 Å². The number of fused-ring (bicyclic) bond motifs is 1. The van der Waals surface area contributed by atoms with Crippen LogP contribution >= 0.6 is 0 Å². The Morgan fingerprint density at radius 3 is 2.95 bits per heavy atom. The normalized spacial score (nSPS) is 21.8. The minimum absolute atomic E-state index is 0.314. The molecule has 108 valence electrons. The van der Waals surface area contributed by atoms with E-state index >= 15 is 0 Å². The molecule has 1 atom stereocenters. The van der Waals surface area contributed by atoms with Gasteiger partial charge in [0, 0.05) is 11.6 Å². The second-order valence-corrected chi connectivity index (χ2v) is 5.69. The zero-order valence-corrected chi connectivity index (χ0v) is 12.2. The van der Waals surface area contributed by atoms with Gasteiger partial charge in [-0.1, -0.05) is 6.07 Å². The van der Waals surface area contributed by atoms with Gasteiger partial charge in [-0.05, 0) is 52.4 Å². The van der Waals surface area contributed by atoms with Gasteiger partial charge in [0.05, 0.1) is 18.1 Å². The minimum atomic E-state index is -0.546. The molecule has 1 aromatic carbocycles. The monoisotopic (exact) mass is 276 g/mol. The molecule has 0 bridgehead atoms. The summed E-state index contributed by atoms with van der Waals surface area (Å²) in [4.78, 5) is 2.11. The molecule has 4 heteroatoms. The van der Waals surface area contributed by atoms with Crippen molar-refractivity contribution in [3.63, 3.8) is 0 Å². The van der Waals surface area contributed by atoms with Crippen molar-refractivity contribution in [3.05, 3.63) is 29.6 Å². The highest BCUT2D eigenvalue weighted by atomic mass is 19.1. The van der Waals surface area contributed by atoms with Gasteiger partial charge in [-0.3, -0.25) is 0 Å². The summed E-state index contributed by atoms with van der Waals surface area (Å²) >= 11 is 0. The van der Waals surface area contributed by atoms with E-state index in [2.05, 4.69) is 11.0 Å². The predicted octanol–water partition coefficient (Wildman–Crippen LogP) is 3.10. The van der Waals surface area contributed by atoms with Gasteiger partial charge in [0.15, 0.2) is 0 Å². The third-order valence-corrected chi connectivity index (χ3v) is 3.89. The quantitative estimate of drug-likeness (QED) is 0.848. The molecule has 0 spiro atoms. The fraction of sp³-hybridized carbons (Fsp3) is 0.562. The van der Waals surface area contributed by atoms with Crippen LogP contribution in [-0.4, -0.2) is 32.1 Å². The smallest absolute Gasteiger partial charge is 0.127 e. The van der Waals surface area contributed by atoms with E-state index in [1.165, 1.54) is 12.1 Å². The minimum Gasteiger partial charge on any atom is -0.493 e. The Bertz CT molecular complexity index is 510. The zero-order chi connectivity index (χ0) is 14.6. The van der Waals surface area contributed by atoms with Gasteiger partial charge in [0.25, 0.3) is 0 Å². The first-order chi connectivity index (χ1) is 9.57. The molecule has 0 aliphatic carbocycles. The van der Waals surface area contributed by atoms with Crippen LogP contribution in [0.4, 0.5) is 4.39 Å². The highest BCUT2D eigenvalue weighted by Crippen LogP contribution is 2.41. The summed E-state index contributed by atoms with van der Waals surface area (Å²) in [6.45, 7) is 1.49. The molecule has 0 saturated carbocycles. The van der Waals surface area contributed by atoms with Crippen molar-refractivity contribution in [2.45, 2.75) is 31.1 Å². The Kier molecular flexibility index (Phi) is 4.61. The van der Waals surface area contributed by atoms with Gasteiger partial charge in [-0.15, -0.1) is 0 Å². The van der Waals surface area contributed by atoms with Crippen molar-refractivity contribution < 1.29 is 9.13 Å². The molecule has 20 heavy (non-hydrogen) atoms. The maximum atomic E-state index is 13.4. The second-order valence-electron chi connectivity index (χ2n) is 5.69. The summed E-state index contributed by atoms with van der Waals surface area (Å²) in [5, 5.41) is 9.73. The number of nitrogens with zero attached hydrogens (tertiary/aromatic N) is 2. The van der Waals surface area contributed by atoms with E-state index in [1.807, 2.05) is 14.1 Å². The number of ether oxygens (including phenoxy) is 1. The standard InChI is InChI=1S/C16H21FN2O/c1-19(2)9-3-7-16(12-18)8-4-10-20-15-11-13(17)5-6-14(15)16/h5-6,11H,3-4,7-10H2,1-2H3. The molecule has 3 nitrogen and oxygen atoms in total. The predicted molar refractivity (Wildman–Crippen MR) is 76.2 cm³/mol. The van der Waals surface area contributed by atoms with Crippen LogP contribution in [0, 0.1) is 17.1 Å². The van der Waals surface area contributed by atoms with Gasteiger partial charge in [-0.25, -0.2) is 4.39 Å². The molecule has 0 radical (unpaired) electrons. The van der Waals surface area contributed by atoms with Crippen LogP contribution in [0.1, 0.15) is 31.2 Å². The van der Waals surface area contributed by atoms with Crippen LogP contribution in [0.15, 0.2) is 18.2 Å². The fourth-order valence-electron chi connectivity index (χ4n) is 2.83. The lowest BCUT2D eigenvalue weighted by Crippen LogP contribution is -2.26. The van der Waals surface area contributed by atoms with Crippen LogP contribution in [0.5, 0.6) is 5.75 Å². The largest absolute Gasteiger partial charge is 0.493 e. The summed E-state index contributed by atoms with van der Waals surface area (Å²) in [6, 6.07) is 7.03. The average Bonchev–Trinajstić information content (AvgIpc) is 2.58. The van der Waals surface area contributed by atoms with E-state index in [4.69, 9.17) is 4.74 Å². The van der Waals surface area contributed by atoms with E-state index in [0.29, 0.717) is 12.4 Å². The van der Waals surface area contributed by atoms with Gasteiger partial charge in [0.1, 0.15) is 11.6 Å². The molecule has 2 rings (SSSR count). The van der Waals surface area contributed by atoms with Crippen molar-refractivity contribution in [2.75, 3.05) is 27.2 Å². The summed E-state index contributed by atoms with van der Waals surface area (Å²) < 4.78 is 19.0. The maximum Gasteiger partial charge on any atom is 0.127 e. The van der Waals surface area contributed by atoms with Crippen molar-refractivity contribution in [2.24, 2.45) is 0 Å². The molecule has 0 saturated heterocycles. The van der Waals surface area contributed by atoms with Crippen LogP contribution < -0.4 is 4.74 Å². The molecule has 0 aromatic heterocycles. The van der Waals surface area contributed by atoms with Crippen LogP contribution in [0.3, 0.4) is 0 Å². The molecule has 1 heterocycles. The maximum absolute atomic E-state index is 13.4. The zero-order valence-electron chi connectivity index (χ0n) is 12.2. The third kappa shape index (κ3) is 3.10. The Morgan fingerprint density at radius 1 is 1.45 bits per heavy atom. The van der Waals surface area contributed by atoms with Crippen molar-refractivity contribution >= 4 is 0 Å². The molecule has 1 unspecified atom stereocenters. The lowest BCUT2D eigenvalue weighted by molar-refractivity contribution is 0.311. The summed E-state index contributed by atoms with van der Waals surface area (Å²) in [7, 11) is 4.05. The Labute approximate surface area is 120 Å². The van der Waals surface area contributed by atoms with Crippen LogP contribution in [0.25, 0.3) is 0 Å². The highest BCUT2D eigenvalue weighted by molar-refractivity contribution is 5.44. The fourth-order valence-corrected chi connectivity index (χ4v) is 2.83.